The van der Waals surface area contributed by atoms with Crippen molar-refractivity contribution in [1.29, 1.82) is 0 Å². The van der Waals surface area contributed by atoms with Gasteiger partial charge in [-0.05, 0) is 25.5 Å². The van der Waals surface area contributed by atoms with Gasteiger partial charge in [0.15, 0.2) is 0 Å². The third kappa shape index (κ3) is 2.93. The molecule has 18 heavy (non-hydrogen) atoms. The molecule has 0 bridgehead atoms. The number of carbonyl (C=O) groups excluding carboxylic acids is 1. The zero-order valence-corrected chi connectivity index (χ0v) is 11.3. The number of carbonyl (C=O) groups is 1. The first kappa shape index (κ1) is 13.1. The van der Waals surface area contributed by atoms with Crippen molar-refractivity contribution in [3.05, 3.63) is 24.2 Å². The molecule has 1 aliphatic rings. The molecule has 0 amide bonds. The molecule has 1 saturated heterocycles. The van der Waals surface area contributed by atoms with Crippen molar-refractivity contribution < 1.29 is 13.9 Å². The maximum Gasteiger partial charge on any atom is 0.302 e. The lowest BCUT2D eigenvalue weighted by molar-refractivity contribution is -0.153. The highest BCUT2D eigenvalue weighted by Crippen LogP contribution is 2.27. The lowest BCUT2D eigenvalue weighted by Crippen LogP contribution is -2.49. The monoisotopic (exact) mass is 251 g/mol. The largest absolute Gasteiger partial charge is 0.468 e. The van der Waals surface area contributed by atoms with E-state index in [9.17, 15) is 4.79 Å². The standard InChI is InChI=1S/C14H21NO3/c1-10-11(2)15(9-13-5-4-8-17-13)7-6-14(10)18-12(3)16/h4-5,8,10-11,14H,6-7,9H2,1-3H3/t10-,11+,14-/m1/s1. The van der Waals surface area contributed by atoms with Gasteiger partial charge in [-0.1, -0.05) is 6.92 Å². The number of hydrogen-bond acceptors (Lipinski definition) is 4. The molecule has 3 atom stereocenters. The number of esters is 1. The van der Waals surface area contributed by atoms with Crippen molar-refractivity contribution in [3.8, 4) is 0 Å². The Morgan fingerprint density at radius 1 is 1.56 bits per heavy atom. The fourth-order valence-corrected chi connectivity index (χ4v) is 2.61. The average molecular weight is 251 g/mol. The van der Waals surface area contributed by atoms with Gasteiger partial charge >= 0.3 is 5.97 Å². The lowest BCUT2D eigenvalue weighted by atomic mass is 9.89. The summed E-state index contributed by atoms with van der Waals surface area (Å²) in [5.74, 6) is 1.15. The van der Waals surface area contributed by atoms with E-state index >= 15 is 0 Å². The number of hydrogen-bond donors (Lipinski definition) is 0. The number of furan rings is 1. The molecule has 4 heteroatoms. The first-order valence-electron chi connectivity index (χ1n) is 6.51. The van der Waals surface area contributed by atoms with Crippen molar-refractivity contribution in [2.45, 2.75) is 45.9 Å². The summed E-state index contributed by atoms with van der Waals surface area (Å²) in [6.45, 7) is 7.57. The molecule has 100 valence electrons. The maximum absolute atomic E-state index is 11.1. The van der Waals surface area contributed by atoms with E-state index in [0.717, 1.165) is 25.3 Å². The summed E-state index contributed by atoms with van der Waals surface area (Å²) >= 11 is 0. The molecule has 1 aliphatic heterocycles. The summed E-state index contributed by atoms with van der Waals surface area (Å²) in [4.78, 5) is 13.4. The van der Waals surface area contributed by atoms with Crippen molar-refractivity contribution >= 4 is 5.97 Å². The fraction of sp³-hybridized carbons (Fsp3) is 0.643. The molecule has 1 aromatic heterocycles. The first-order chi connectivity index (χ1) is 8.58. The molecule has 0 saturated carbocycles. The lowest BCUT2D eigenvalue weighted by Gasteiger charge is -2.41. The number of piperidine rings is 1. The quantitative estimate of drug-likeness (QED) is 0.774. The van der Waals surface area contributed by atoms with Crippen molar-refractivity contribution in [2.24, 2.45) is 5.92 Å². The van der Waals surface area contributed by atoms with Gasteiger partial charge in [-0.2, -0.15) is 0 Å². The molecule has 0 unspecified atom stereocenters. The zero-order chi connectivity index (χ0) is 13.1. The molecule has 0 spiro atoms. The topological polar surface area (TPSA) is 42.7 Å². The summed E-state index contributed by atoms with van der Waals surface area (Å²) in [5.41, 5.74) is 0. The minimum absolute atomic E-state index is 0.0466. The van der Waals surface area contributed by atoms with Gasteiger partial charge in [0.25, 0.3) is 0 Å². The molecular weight excluding hydrogens is 230 g/mol. The summed E-state index contributed by atoms with van der Waals surface area (Å²) < 4.78 is 10.8. The summed E-state index contributed by atoms with van der Waals surface area (Å²) in [6.07, 6.45) is 2.64. The maximum atomic E-state index is 11.1. The van der Waals surface area contributed by atoms with Gasteiger partial charge in [0, 0.05) is 25.4 Å². The number of likely N-dealkylation sites (tertiary alicyclic amines) is 1. The predicted octanol–water partition coefficient (Wildman–Crippen LogP) is 2.44. The van der Waals surface area contributed by atoms with Crippen LogP contribution in [-0.4, -0.2) is 29.6 Å². The Bertz CT molecular complexity index is 388. The molecule has 0 radical (unpaired) electrons. The molecule has 0 aromatic carbocycles. The Hall–Kier alpha value is -1.29. The van der Waals surface area contributed by atoms with Gasteiger partial charge in [0.05, 0.1) is 12.8 Å². The van der Waals surface area contributed by atoms with Crippen LogP contribution in [0.4, 0.5) is 0 Å². The molecule has 0 aliphatic carbocycles. The zero-order valence-electron chi connectivity index (χ0n) is 11.3. The van der Waals surface area contributed by atoms with Crippen molar-refractivity contribution in [2.75, 3.05) is 6.54 Å². The predicted molar refractivity (Wildman–Crippen MR) is 67.9 cm³/mol. The van der Waals surface area contributed by atoms with Crippen LogP contribution in [-0.2, 0) is 16.1 Å². The van der Waals surface area contributed by atoms with Gasteiger partial charge in [0.2, 0.25) is 0 Å². The molecule has 2 heterocycles. The highest BCUT2D eigenvalue weighted by molar-refractivity contribution is 5.66. The Kier molecular flexibility index (Phi) is 4.07. The van der Waals surface area contributed by atoms with Gasteiger partial charge in [-0.25, -0.2) is 0 Å². The first-order valence-corrected chi connectivity index (χ1v) is 6.51. The second kappa shape index (κ2) is 5.57. The number of rotatable bonds is 3. The normalized spacial score (nSPS) is 29.2. The second-order valence-electron chi connectivity index (χ2n) is 5.09. The van der Waals surface area contributed by atoms with E-state index in [-0.39, 0.29) is 12.1 Å². The number of nitrogens with zero attached hydrogens (tertiary/aromatic N) is 1. The van der Waals surface area contributed by atoms with Crippen LogP contribution in [0, 0.1) is 5.92 Å². The third-order valence-corrected chi connectivity index (χ3v) is 3.88. The molecule has 1 aromatic rings. The van der Waals surface area contributed by atoms with Gasteiger partial charge in [-0.15, -0.1) is 0 Å². The highest BCUT2D eigenvalue weighted by Gasteiger charge is 2.34. The summed E-state index contributed by atoms with van der Waals surface area (Å²) in [5, 5.41) is 0. The SMILES string of the molecule is CC(=O)O[C@@H]1CCN(Cc2ccco2)[C@@H](C)[C@H]1C. The van der Waals surface area contributed by atoms with Crippen LogP contribution in [0.3, 0.4) is 0 Å². The van der Waals surface area contributed by atoms with Crippen LogP contribution < -0.4 is 0 Å². The van der Waals surface area contributed by atoms with E-state index in [1.165, 1.54) is 6.92 Å². The molecular formula is C14H21NO3. The Balaban J connectivity index is 1.95. The van der Waals surface area contributed by atoms with E-state index in [0.29, 0.717) is 12.0 Å². The average Bonchev–Trinajstić information content (AvgIpc) is 2.81. The van der Waals surface area contributed by atoms with Crippen LogP contribution in [0.1, 0.15) is 33.0 Å². The minimum atomic E-state index is -0.182. The molecule has 1 fully saturated rings. The Morgan fingerprint density at radius 2 is 2.33 bits per heavy atom. The van der Waals surface area contributed by atoms with E-state index in [1.807, 2.05) is 12.1 Å². The highest BCUT2D eigenvalue weighted by atomic mass is 16.5. The van der Waals surface area contributed by atoms with E-state index in [2.05, 4.69) is 18.7 Å². The Morgan fingerprint density at radius 3 is 2.94 bits per heavy atom. The molecule has 0 N–H and O–H groups in total. The van der Waals surface area contributed by atoms with Gasteiger partial charge in [0.1, 0.15) is 11.9 Å². The van der Waals surface area contributed by atoms with E-state index < -0.39 is 0 Å². The van der Waals surface area contributed by atoms with Crippen LogP contribution >= 0.6 is 0 Å². The second-order valence-corrected chi connectivity index (χ2v) is 5.09. The Labute approximate surface area is 108 Å². The summed E-state index contributed by atoms with van der Waals surface area (Å²) in [6, 6.07) is 4.29. The van der Waals surface area contributed by atoms with Crippen LogP contribution in [0.15, 0.2) is 22.8 Å². The van der Waals surface area contributed by atoms with Gasteiger partial charge in [-0.3, -0.25) is 9.69 Å². The van der Waals surface area contributed by atoms with E-state index in [4.69, 9.17) is 9.15 Å². The third-order valence-electron chi connectivity index (χ3n) is 3.88. The van der Waals surface area contributed by atoms with Crippen molar-refractivity contribution in [1.82, 2.24) is 4.90 Å². The van der Waals surface area contributed by atoms with E-state index in [1.54, 1.807) is 6.26 Å². The summed E-state index contributed by atoms with van der Waals surface area (Å²) in [7, 11) is 0. The van der Waals surface area contributed by atoms with Crippen LogP contribution in [0.2, 0.25) is 0 Å². The van der Waals surface area contributed by atoms with Crippen LogP contribution in [0.5, 0.6) is 0 Å². The van der Waals surface area contributed by atoms with Crippen LogP contribution in [0.25, 0.3) is 0 Å². The molecule has 4 nitrogen and oxygen atoms in total. The van der Waals surface area contributed by atoms with Gasteiger partial charge < -0.3 is 9.15 Å². The molecule has 2 rings (SSSR count). The smallest absolute Gasteiger partial charge is 0.302 e. The number of ether oxygens (including phenoxy) is 1. The minimum Gasteiger partial charge on any atom is -0.468 e. The van der Waals surface area contributed by atoms with Crippen molar-refractivity contribution in [3.63, 3.8) is 0 Å². The fourth-order valence-electron chi connectivity index (χ4n) is 2.61.